The zero-order valence-electron chi connectivity index (χ0n) is 15.7. The fourth-order valence-corrected chi connectivity index (χ4v) is 3.67. The van der Waals surface area contributed by atoms with E-state index in [-0.39, 0.29) is 27.6 Å². The van der Waals surface area contributed by atoms with E-state index in [0.717, 1.165) is 0 Å². The third-order valence-corrected chi connectivity index (χ3v) is 5.49. The minimum Gasteiger partial charge on any atom is -0.494 e. The predicted molar refractivity (Wildman–Crippen MR) is 111 cm³/mol. The third-order valence-electron chi connectivity index (χ3n) is 4.10. The highest BCUT2D eigenvalue weighted by Gasteiger charge is 2.16. The molecule has 30 heavy (non-hydrogen) atoms. The maximum absolute atomic E-state index is 12.5. The molecule has 0 bridgehead atoms. The molecule has 0 aliphatic heterocycles. The third kappa shape index (κ3) is 4.73. The summed E-state index contributed by atoms with van der Waals surface area (Å²) >= 11 is 0. The van der Waals surface area contributed by atoms with Crippen LogP contribution in [0.3, 0.4) is 0 Å². The van der Waals surface area contributed by atoms with Crippen molar-refractivity contribution in [2.45, 2.75) is 4.90 Å². The summed E-state index contributed by atoms with van der Waals surface area (Å²) in [5.41, 5.74) is 0.656. The van der Waals surface area contributed by atoms with Gasteiger partial charge in [0.2, 0.25) is 0 Å². The molecule has 0 spiro atoms. The van der Waals surface area contributed by atoms with Gasteiger partial charge in [0.15, 0.2) is 0 Å². The van der Waals surface area contributed by atoms with Crippen LogP contribution >= 0.6 is 0 Å². The number of nitrogens with one attached hydrogen (secondary N) is 2. The molecule has 3 aromatic rings. The van der Waals surface area contributed by atoms with Crippen LogP contribution < -0.4 is 14.8 Å². The second-order valence-corrected chi connectivity index (χ2v) is 7.77. The Labute approximate surface area is 172 Å². The SMILES string of the molecule is COc1cc([N+](=O)[O-])ccc1NC(=O)c1ccc(NS(=O)(=O)c2ccccc2)cc1. The van der Waals surface area contributed by atoms with Crippen molar-refractivity contribution in [2.75, 3.05) is 17.1 Å². The largest absolute Gasteiger partial charge is 0.494 e. The number of ether oxygens (including phenoxy) is 1. The summed E-state index contributed by atoms with van der Waals surface area (Å²) in [4.78, 5) is 22.9. The second kappa shape index (κ2) is 8.62. The lowest BCUT2D eigenvalue weighted by molar-refractivity contribution is -0.384. The van der Waals surface area contributed by atoms with E-state index < -0.39 is 20.9 Å². The average molecular weight is 427 g/mol. The van der Waals surface area contributed by atoms with Crippen LogP contribution in [0.5, 0.6) is 5.75 Å². The van der Waals surface area contributed by atoms with Gasteiger partial charge in [-0.25, -0.2) is 8.42 Å². The standard InChI is InChI=1S/C20H17N3O6S/c1-29-19-13-16(23(25)26)11-12-18(19)21-20(24)14-7-9-15(10-8-14)22-30(27,28)17-5-3-2-4-6-17/h2-13,22H,1H3,(H,21,24). The number of non-ortho nitro benzene ring substituents is 1. The zero-order chi connectivity index (χ0) is 21.7. The number of benzene rings is 3. The summed E-state index contributed by atoms with van der Waals surface area (Å²) in [6.07, 6.45) is 0. The Hall–Kier alpha value is -3.92. The van der Waals surface area contributed by atoms with E-state index in [0.29, 0.717) is 5.69 Å². The minimum atomic E-state index is -3.74. The quantitative estimate of drug-likeness (QED) is 0.437. The van der Waals surface area contributed by atoms with Crippen molar-refractivity contribution in [3.63, 3.8) is 0 Å². The topological polar surface area (TPSA) is 128 Å². The Balaban J connectivity index is 1.74. The first kappa shape index (κ1) is 20.8. The summed E-state index contributed by atoms with van der Waals surface area (Å²) in [5.74, 6) is -0.343. The van der Waals surface area contributed by atoms with Crippen LogP contribution in [0.4, 0.5) is 17.1 Å². The van der Waals surface area contributed by atoms with Gasteiger partial charge in [0, 0.05) is 17.3 Å². The molecule has 0 unspecified atom stereocenters. The minimum absolute atomic E-state index is 0.122. The molecule has 0 aliphatic rings. The number of nitrogens with zero attached hydrogens (tertiary/aromatic N) is 1. The number of hydrogen-bond donors (Lipinski definition) is 2. The van der Waals surface area contributed by atoms with Crippen molar-refractivity contribution in [2.24, 2.45) is 0 Å². The van der Waals surface area contributed by atoms with Gasteiger partial charge in [-0.05, 0) is 42.5 Å². The van der Waals surface area contributed by atoms with Gasteiger partial charge in [-0.3, -0.25) is 19.6 Å². The molecule has 2 N–H and O–H groups in total. The van der Waals surface area contributed by atoms with E-state index in [2.05, 4.69) is 10.0 Å². The number of sulfonamides is 1. The Bertz CT molecular complexity index is 1180. The van der Waals surface area contributed by atoms with Gasteiger partial charge in [-0.2, -0.15) is 0 Å². The molecule has 3 aromatic carbocycles. The first-order chi connectivity index (χ1) is 14.3. The normalized spacial score (nSPS) is 10.8. The molecule has 9 nitrogen and oxygen atoms in total. The highest BCUT2D eigenvalue weighted by atomic mass is 32.2. The molecule has 0 saturated heterocycles. The van der Waals surface area contributed by atoms with Crippen molar-refractivity contribution in [1.29, 1.82) is 0 Å². The number of carbonyl (C=O) groups excluding carboxylic acids is 1. The van der Waals surface area contributed by atoms with Crippen LogP contribution in [-0.4, -0.2) is 26.4 Å². The fourth-order valence-electron chi connectivity index (χ4n) is 2.59. The summed E-state index contributed by atoms with van der Waals surface area (Å²) < 4.78 is 32.2. The molecular formula is C20H17N3O6S. The number of carbonyl (C=O) groups is 1. The number of anilines is 2. The smallest absolute Gasteiger partial charge is 0.273 e. The molecule has 0 aliphatic carbocycles. The molecule has 1 amide bonds. The molecule has 0 fully saturated rings. The summed E-state index contributed by atoms with van der Waals surface area (Å²) in [7, 11) is -2.40. The number of rotatable bonds is 7. The molecule has 0 saturated carbocycles. The molecule has 0 atom stereocenters. The van der Waals surface area contributed by atoms with E-state index in [4.69, 9.17) is 4.74 Å². The Morgan fingerprint density at radius 2 is 1.67 bits per heavy atom. The first-order valence-corrected chi connectivity index (χ1v) is 10.1. The van der Waals surface area contributed by atoms with E-state index in [1.165, 1.54) is 61.7 Å². The van der Waals surface area contributed by atoms with Crippen LogP contribution in [0.15, 0.2) is 77.7 Å². The van der Waals surface area contributed by atoms with Crippen molar-refractivity contribution in [3.8, 4) is 5.75 Å². The van der Waals surface area contributed by atoms with Gasteiger partial charge in [0.05, 0.1) is 28.7 Å². The molecule has 0 aromatic heterocycles. The highest BCUT2D eigenvalue weighted by Crippen LogP contribution is 2.29. The molecule has 0 radical (unpaired) electrons. The van der Waals surface area contributed by atoms with E-state index in [1.807, 2.05) is 0 Å². The van der Waals surface area contributed by atoms with Crippen LogP contribution in [0, 0.1) is 10.1 Å². The first-order valence-electron chi connectivity index (χ1n) is 8.62. The lowest BCUT2D eigenvalue weighted by Crippen LogP contribution is -2.14. The van der Waals surface area contributed by atoms with Gasteiger partial charge >= 0.3 is 0 Å². The Morgan fingerprint density at radius 1 is 1.00 bits per heavy atom. The van der Waals surface area contributed by atoms with Gasteiger partial charge in [0.25, 0.3) is 21.6 Å². The maximum Gasteiger partial charge on any atom is 0.273 e. The lowest BCUT2D eigenvalue weighted by Gasteiger charge is -2.11. The van der Waals surface area contributed by atoms with Crippen molar-refractivity contribution in [1.82, 2.24) is 0 Å². The second-order valence-electron chi connectivity index (χ2n) is 6.09. The van der Waals surface area contributed by atoms with Gasteiger partial charge < -0.3 is 10.1 Å². The zero-order valence-corrected chi connectivity index (χ0v) is 16.5. The number of nitro groups is 1. The molecule has 10 heteroatoms. The number of amides is 1. The van der Waals surface area contributed by atoms with Crippen LogP contribution in [-0.2, 0) is 10.0 Å². The molecule has 3 rings (SSSR count). The average Bonchev–Trinajstić information content (AvgIpc) is 2.74. The van der Waals surface area contributed by atoms with Crippen LogP contribution in [0.25, 0.3) is 0 Å². The number of methoxy groups -OCH3 is 1. The number of nitro benzene ring substituents is 1. The van der Waals surface area contributed by atoms with Crippen LogP contribution in [0.1, 0.15) is 10.4 Å². The van der Waals surface area contributed by atoms with E-state index >= 15 is 0 Å². The monoisotopic (exact) mass is 427 g/mol. The van der Waals surface area contributed by atoms with E-state index in [9.17, 15) is 23.3 Å². The summed E-state index contributed by atoms with van der Waals surface area (Å²) in [6, 6.07) is 17.6. The van der Waals surface area contributed by atoms with E-state index in [1.54, 1.807) is 18.2 Å². The van der Waals surface area contributed by atoms with Gasteiger partial charge in [-0.1, -0.05) is 18.2 Å². The van der Waals surface area contributed by atoms with Crippen molar-refractivity contribution < 1.29 is 22.9 Å². The number of hydrogen-bond acceptors (Lipinski definition) is 6. The lowest BCUT2D eigenvalue weighted by atomic mass is 10.2. The summed E-state index contributed by atoms with van der Waals surface area (Å²) in [5, 5.41) is 13.5. The predicted octanol–water partition coefficient (Wildman–Crippen LogP) is 3.66. The molecule has 0 heterocycles. The van der Waals surface area contributed by atoms with Crippen LogP contribution in [0.2, 0.25) is 0 Å². The van der Waals surface area contributed by atoms with Gasteiger partial charge in [-0.15, -0.1) is 0 Å². The summed E-state index contributed by atoms with van der Waals surface area (Å²) in [6.45, 7) is 0. The Kier molecular flexibility index (Phi) is 5.98. The molecule has 154 valence electrons. The van der Waals surface area contributed by atoms with Crippen molar-refractivity contribution >= 4 is 33.0 Å². The highest BCUT2D eigenvalue weighted by molar-refractivity contribution is 7.92. The van der Waals surface area contributed by atoms with Gasteiger partial charge in [0.1, 0.15) is 5.75 Å². The fraction of sp³-hybridized carbons (Fsp3) is 0.0500. The molecular weight excluding hydrogens is 410 g/mol. The van der Waals surface area contributed by atoms with Crippen molar-refractivity contribution in [3.05, 3.63) is 88.5 Å². The maximum atomic E-state index is 12.5. The Morgan fingerprint density at radius 3 is 2.27 bits per heavy atom.